The maximum Gasteiger partial charge on any atom is 0.343 e. The van der Waals surface area contributed by atoms with Gasteiger partial charge in [0.25, 0.3) is 0 Å². The van der Waals surface area contributed by atoms with Gasteiger partial charge in [0.05, 0.1) is 5.56 Å². The van der Waals surface area contributed by atoms with Crippen LogP contribution in [0.25, 0.3) is 0 Å². The molecule has 3 nitrogen and oxygen atoms in total. The van der Waals surface area contributed by atoms with E-state index in [1.54, 1.807) is 6.92 Å². The van der Waals surface area contributed by atoms with Gasteiger partial charge in [-0.2, -0.15) is 0 Å². The first-order chi connectivity index (χ1) is 7.25. The van der Waals surface area contributed by atoms with E-state index < -0.39 is 0 Å². The second-order valence-corrected chi connectivity index (χ2v) is 4.12. The van der Waals surface area contributed by atoms with Crippen LogP contribution in [-0.2, 0) is 0 Å². The molecule has 0 radical (unpaired) electrons. The van der Waals surface area contributed by atoms with Crippen molar-refractivity contribution in [2.45, 2.75) is 31.8 Å². The van der Waals surface area contributed by atoms with Gasteiger partial charge in [-0.3, -0.25) is 0 Å². The van der Waals surface area contributed by atoms with Gasteiger partial charge >= 0.3 is 5.63 Å². The van der Waals surface area contributed by atoms with Crippen molar-refractivity contribution < 1.29 is 9.15 Å². The SMILES string of the molecule is Cc1cc2c(c(=O)o1)[C@@H]1CCC=C[C@@H]1O2. The Hall–Kier alpha value is -1.51. The van der Waals surface area contributed by atoms with E-state index in [1.165, 1.54) is 0 Å². The molecule has 0 N–H and O–H groups in total. The van der Waals surface area contributed by atoms with E-state index in [1.807, 2.05) is 12.1 Å². The zero-order valence-corrected chi connectivity index (χ0v) is 8.53. The second kappa shape index (κ2) is 2.99. The molecule has 0 fully saturated rings. The molecule has 0 amide bonds. The number of fused-ring (bicyclic) bond motifs is 3. The highest BCUT2D eigenvalue weighted by molar-refractivity contribution is 5.41. The molecule has 0 saturated carbocycles. The van der Waals surface area contributed by atoms with Crippen LogP contribution in [0, 0.1) is 6.92 Å². The van der Waals surface area contributed by atoms with Crippen molar-refractivity contribution in [1.29, 1.82) is 0 Å². The van der Waals surface area contributed by atoms with E-state index in [9.17, 15) is 4.79 Å². The Morgan fingerprint density at radius 2 is 2.33 bits per heavy atom. The summed E-state index contributed by atoms with van der Waals surface area (Å²) in [5, 5.41) is 0. The Morgan fingerprint density at radius 1 is 1.47 bits per heavy atom. The molecule has 1 aromatic heterocycles. The molecule has 1 aliphatic heterocycles. The third-order valence-corrected chi connectivity index (χ3v) is 3.07. The van der Waals surface area contributed by atoms with Crippen LogP contribution < -0.4 is 10.4 Å². The van der Waals surface area contributed by atoms with Crippen LogP contribution in [0.15, 0.2) is 27.4 Å². The lowest BCUT2D eigenvalue weighted by molar-refractivity contribution is 0.244. The van der Waals surface area contributed by atoms with Gasteiger partial charge in [-0.05, 0) is 25.8 Å². The minimum Gasteiger partial charge on any atom is -0.485 e. The molecule has 2 aliphatic rings. The molecule has 15 heavy (non-hydrogen) atoms. The van der Waals surface area contributed by atoms with E-state index in [0.717, 1.165) is 18.4 Å². The minimum atomic E-state index is -0.229. The topological polar surface area (TPSA) is 39.4 Å². The van der Waals surface area contributed by atoms with E-state index in [4.69, 9.17) is 9.15 Å². The predicted octanol–water partition coefficient (Wildman–Crippen LogP) is 2.14. The molecule has 0 saturated heterocycles. The predicted molar refractivity (Wildman–Crippen MR) is 55.2 cm³/mol. The summed E-state index contributed by atoms with van der Waals surface area (Å²) in [6.07, 6.45) is 6.18. The number of ether oxygens (including phenoxy) is 1. The third kappa shape index (κ3) is 1.23. The number of rotatable bonds is 0. The molecule has 2 atom stereocenters. The molecule has 3 heteroatoms. The Bertz CT molecular complexity index is 484. The van der Waals surface area contributed by atoms with Crippen molar-refractivity contribution in [3.8, 4) is 5.75 Å². The molecular weight excluding hydrogens is 192 g/mol. The molecule has 0 aromatic carbocycles. The van der Waals surface area contributed by atoms with Crippen molar-refractivity contribution in [1.82, 2.24) is 0 Å². The van der Waals surface area contributed by atoms with E-state index in [0.29, 0.717) is 11.5 Å². The van der Waals surface area contributed by atoms with Crippen LogP contribution in [0.2, 0.25) is 0 Å². The average molecular weight is 204 g/mol. The van der Waals surface area contributed by atoms with Gasteiger partial charge in [-0.15, -0.1) is 0 Å². The van der Waals surface area contributed by atoms with E-state index in [-0.39, 0.29) is 17.6 Å². The summed E-state index contributed by atoms with van der Waals surface area (Å²) >= 11 is 0. The molecule has 0 spiro atoms. The zero-order chi connectivity index (χ0) is 10.4. The van der Waals surface area contributed by atoms with Crippen molar-refractivity contribution in [2.75, 3.05) is 0 Å². The average Bonchev–Trinajstić information content (AvgIpc) is 2.54. The largest absolute Gasteiger partial charge is 0.485 e. The molecular formula is C12H12O3. The van der Waals surface area contributed by atoms with Gasteiger partial charge in [0.15, 0.2) is 0 Å². The third-order valence-electron chi connectivity index (χ3n) is 3.07. The van der Waals surface area contributed by atoms with Gasteiger partial charge in [-0.25, -0.2) is 4.79 Å². The summed E-state index contributed by atoms with van der Waals surface area (Å²) in [5.74, 6) is 1.52. The van der Waals surface area contributed by atoms with Crippen molar-refractivity contribution >= 4 is 0 Å². The number of hydrogen-bond donors (Lipinski definition) is 0. The first kappa shape index (κ1) is 8.77. The summed E-state index contributed by atoms with van der Waals surface area (Å²) in [7, 11) is 0. The Morgan fingerprint density at radius 3 is 3.20 bits per heavy atom. The maximum atomic E-state index is 11.7. The second-order valence-electron chi connectivity index (χ2n) is 4.12. The highest BCUT2D eigenvalue weighted by atomic mass is 16.5. The molecule has 0 bridgehead atoms. The monoisotopic (exact) mass is 204 g/mol. The summed E-state index contributed by atoms with van der Waals surface area (Å²) in [6.45, 7) is 1.77. The zero-order valence-electron chi connectivity index (χ0n) is 8.53. The smallest absolute Gasteiger partial charge is 0.343 e. The van der Waals surface area contributed by atoms with Crippen molar-refractivity contribution in [3.63, 3.8) is 0 Å². The van der Waals surface area contributed by atoms with E-state index in [2.05, 4.69) is 6.08 Å². The summed E-state index contributed by atoms with van der Waals surface area (Å²) in [4.78, 5) is 11.7. The van der Waals surface area contributed by atoms with Crippen LogP contribution in [-0.4, -0.2) is 6.10 Å². The van der Waals surface area contributed by atoms with Gasteiger partial charge in [0.1, 0.15) is 17.6 Å². The number of allylic oxidation sites excluding steroid dienone is 1. The lowest BCUT2D eigenvalue weighted by atomic mass is 9.88. The number of hydrogen-bond acceptors (Lipinski definition) is 3. The summed E-state index contributed by atoms with van der Waals surface area (Å²) in [5.41, 5.74) is 0.503. The Labute approximate surface area is 87.4 Å². The van der Waals surface area contributed by atoms with Gasteiger partial charge in [-0.1, -0.05) is 6.08 Å². The normalized spacial score (nSPS) is 27.0. The maximum absolute atomic E-state index is 11.7. The van der Waals surface area contributed by atoms with E-state index >= 15 is 0 Å². The van der Waals surface area contributed by atoms with Gasteiger partial charge in [0.2, 0.25) is 0 Å². The Balaban J connectivity index is 2.17. The first-order valence-corrected chi connectivity index (χ1v) is 5.23. The van der Waals surface area contributed by atoms with Crippen molar-refractivity contribution in [3.05, 3.63) is 40.0 Å². The van der Waals surface area contributed by atoms with Crippen LogP contribution >= 0.6 is 0 Å². The van der Waals surface area contributed by atoms with Crippen LogP contribution in [0.1, 0.15) is 30.1 Å². The van der Waals surface area contributed by atoms with Crippen LogP contribution in [0.4, 0.5) is 0 Å². The van der Waals surface area contributed by atoms with Gasteiger partial charge in [0, 0.05) is 12.0 Å². The molecule has 1 aliphatic carbocycles. The minimum absolute atomic E-state index is 0.0402. The molecule has 2 heterocycles. The molecule has 78 valence electrons. The fourth-order valence-corrected chi connectivity index (χ4v) is 2.41. The lowest BCUT2D eigenvalue weighted by Crippen LogP contribution is -2.20. The standard InChI is InChI=1S/C12H12O3/c1-7-6-10-11(12(13)14-7)8-4-2-3-5-9(8)15-10/h3,5-6,8-9H,2,4H2,1H3/t8-,9+/m1/s1. The highest BCUT2D eigenvalue weighted by Gasteiger charge is 2.37. The molecule has 1 aromatic rings. The summed E-state index contributed by atoms with van der Waals surface area (Å²) < 4.78 is 10.8. The fraction of sp³-hybridized carbons (Fsp3) is 0.417. The number of aryl methyl sites for hydroxylation is 1. The van der Waals surface area contributed by atoms with Crippen LogP contribution in [0.5, 0.6) is 5.75 Å². The van der Waals surface area contributed by atoms with Crippen molar-refractivity contribution in [2.24, 2.45) is 0 Å². The first-order valence-electron chi connectivity index (χ1n) is 5.23. The van der Waals surface area contributed by atoms with Gasteiger partial charge < -0.3 is 9.15 Å². The highest BCUT2D eigenvalue weighted by Crippen LogP contribution is 2.41. The molecule has 3 rings (SSSR count). The van der Waals surface area contributed by atoms with Crippen LogP contribution in [0.3, 0.4) is 0 Å². The fourth-order valence-electron chi connectivity index (χ4n) is 2.41. The molecule has 0 unspecified atom stereocenters. The summed E-state index contributed by atoms with van der Waals surface area (Å²) in [6, 6.07) is 1.81. The quantitative estimate of drug-likeness (QED) is 0.608. The lowest BCUT2D eigenvalue weighted by Gasteiger charge is -2.17. The Kier molecular flexibility index (Phi) is 1.75.